The summed E-state index contributed by atoms with van der Waals surface area (Å²) in [6.45, 7) is 2.24. The molecule has 2 aromatic heterocycles. The molecule has 0 aliphatic rings. The Kier molecular flexibility index (Phi) is 5.88. The van der Waals surface area contributed by atoms with E-state index in [4.69, 9.17) is 17.3 Å². The molecule has 0 amide bonds. The minimum absolute atomic E-state index is 0.0982. The second kappa shape index (κ2) is 8.33. The van der Waals surface area contributed by atoms with Gasteiger partial charge in [-0.05, 0) is 37.1 Å². The zero-order valence-electron chi connectivity index (χ0n) is 15.3. The number of nitrogens with one attached hydrogen (secondary N) is 1. The molecule has 2 heterocycles. The van der Waals surface area contributed by atoms with Crippen molar-refractivity contribution in [3.05, 3.63) is 75.3 Å². The lowest BCUT2D eigenvalue weighted by atomic mass is 10.1. The first-order valence-electron chi connectivity index (χ1n) is 8.68. The third-order valence-electron chi connectivity index (χ3n) is 4.43. The lowest BCUT2D eigenvalue weighted by Gasteiger charge is -2.17. The van der Waals surface area contributed by atoms with Crippen molar-refractivity contribution in [1.29, 1.82) is 0 Å². The second-order valence-electron chi connectivity index (χ2n) is 6.45. The maximum absolute atomic E-state index is 12.6. The predicted octanol–water partition coefficient (Wildman–Crippen LogP) is 2.79. The zero-order valence-corrected chi connectivity index (χ0v) is 16.1. The Morgan fingerprint density at radius 2 is 1.93 bits per heavy atom. The van der Waals surface area contributed by atoms with Gasteiger partial charge in [-0.25, -0.2) is 4.98 Å². The Morgan fingerprint density at radius 1 is 1.22 bits per heavy atom. The SMILES string of the molecule is Cc1c(-c2ccncc2)nc(NC[C@@H](N)Cc2ccccc2Cl)n(C)c1=O. The molecule has 3 aromatic rings. The van der Waals surface area contributed by atoms with Crippen LogP contribution in [0, 0.1) is 6.92 Å². The van der Waals surface area contributed by atoms with Crippen molar-refractivity contribution in [2.45, 2.75) is 19.4 Å². The third kappa shape index (κ3) is 4.35. The molecule has 0 saturated heterocycles. The van der Waals surface area contributed by atoms with Gasteiger partial charge in [0.05, 0.1) is 5.69 Å². The van der Waals surface area contributed by atoms with E-state index in [9.17, 15) is 4.79 Å². The highest BCUT2D eigenvalue weighted by molar-refractivity contribution is 6.31. The van der Waals surface area contributed by atoms with E-state index in [1.807, 2.05) is 36.4 Å². The Hall–Kier alpha value is -2.70. The molecule has 140 valence electrons. The van der Waals surface area contributed by atoms with Gasteiger partial charge in [-0.3, -0.25) is 14.3 Å². The molecular weight excluding hydrogens is 362 g/mol. The minimum atomic E-state index is -0.174. The van der Waals surface area contributed by atoms with Crippen LogP contribution in [0.1, 0.15) is 11.1 Å². The molecule has 3 N–H and O–H groups in total. The molecular formula is C20H22ClN5O. The van der Waals surface area contributed by atoms with Crippen molar-refractivity contribution >= 4 is 17.5 Å². The topological polar surface area (TPSA) is 85.8 Å². The molecule has 0 radical (unpaired) electrons. The van der Waals surface area contributed by atoms with Gasteiger partial charge in [-0.2, -0.15) is 0 Å². The summed E-state index contributed by atoms with van der Waals surface area (Å²) in [4.78, 5) is 21.2. The number of nitrogens with two attached hydrogens (primary N) is 1. The van der Waals surface area contributed by atoms with Gasteiger partial charge in [-0.1, -0.05) is 29.8 Å². The highest BCUT2D eigenvalue weighted by Crippen LogP contribution is 2.20. The fraction of sp³-hybridized carbons (Fsp3) is 0.250. The van der Waals surface area contributed by atoms with Crippen LogP contribution in [0.2, 0.25) is 5.02 Å². The fourth-order valence-electron chi connectivity index (χ4n) is 2.90. The van der Waals surface area contributed by atoms with E-state index >= 15 is 0 Å². The maximum Gasteiger partial charge on any atom is 0.258 e. The zero-order chi connectivity index (χ0) is 19.4. The number of hydrogen-bond acceptors (Lipinski definition) is 5. The summed E-state index contributed by atoms with van der Waals surface area (Å²) in [5.74, 6) is 0.479. The molecule has 7 heteroatoms. The second-order valence-corrected chi connectivity index (χ2v) is 6.85. The summed E-state index contributed by atoms with van der Waals surface area (Å²) >= 11 is 6.20. The molecule has 0 saturated carbocycles. The molecule has 0 aliphatic heterocycles. The maximum atomic E-state index is 12.6. The fourth-order valence-corrected chi connectivity index (χ4v) is 3.12. The van der Waals surface area contributed by atoms with Crippen LogP contribution in [0.3, 0.4) is 0 Å². The first-order valence-corrected chi connectivity index (χ1v) is 9.06. The van der Waals surface area contributed by atoms with Crippen LogP contribution in [0.4, 0.5) is 5.95 Å². The van der Waals surface area contributed by atoms with Crippen LogP contribution in [-0.2, 0) is 13.5 Å². The van der Waals surface area contributed by atoms with Gasteiger partial charge in [0, 0.05) is 48.2 Å². The largest absolute Gasteiger partial charge is 0.354 e. The first kappa shape index (κ1) is 19.1. The minimum Gasteiger partial charge on any atom is -0.354 e. The van der Waals surface area contributed by atoms with E-state index in [1.54, 1.807) is 26.4 Å². The first-order chi connectivity index (χ1) is 13.0. The molecule has 1 atom stereocenters. The summed E-state index contributed by atoms with van der Waals surface area (Å²) in [5.41, 5.74) is 9.23. The monoisotopic (exact) mass is 383 g/mol. The number of pyridine rings is 1. The summed E-state index contributed by atoms with van der Waals surface area (Å²) in [5, 5.41) is 3.90. The van der Waals surface area contributed by atoms with Crippen molar-refractivity contribution in [1.82, 2.24) is 14.5 Å². The van der Waals surface area contributed by atoms with Crippen LogP contribution in [-0.4, -0.2) is 27.1 Å². The van der Waals surface area contributed by atoms with E-state index in [0.29, 0.717) is 35.2 Å². The quantitative estimate of drug-likeness (QED) is 0.683. The lowest BCUT2D eigenvalue weighted by Crippen LogP contribution is -2.34. The van der Waals surface area contributed by atoms with E-state index in [1.165, 1.54) is 4.57 Å². The number of nitrogens with zero attached hydrogens (tertiary/aromatic N) is 3. The van der Waals surface area contributed by atoms with Crippen LogP contribution < -0.4 is 16.6 Å². The van der Waals surface area contributed by atoms with E-state index in [0.717, 1.165) is 11.1 Å². The van der Waals surface area contributed by atoms with Gasteiger partial charge in [0.2, 0.25) is 5.95 Å². The number of hydrogen-bond donors (Lipinski definition) is 2. The number of anilines is 1. The average molecular weight is 384 g/mol. The number of halogens is 1. The Morgan fingerprint density at radius 3 is 2.63 bits per heavy atom. The molecule has 0 bridgehead atoms. The molecule has 0 aliphatic carbocycles. The molecule has 0 spiro atoms. The Bertz CT molecular complexity index is 987. The van der Waals surface area contributed by atoms with Crippen molar-refractivity contribution in [2.75, 3.05) is 11.9 Å². The number of rotatable bonds is 6. The molecule has 3 rings (SSSR count). The van der Waals surface area contributed by atoms with E-state index in [-0.39, 0.29) is 11.6 Å². The van der Waals surface area contributed by atoms with Gasteiger partial charge in [0.15, 0.2) is 0 Å². The van der Waals surface area contributed by atoms with Crippen LogP contribution in [0.5, 0.6) is 0 Å². The van der Waals surface area contributed by atoms with Gasteiger partial charge >= 0.3 is 0 Å². The van der Waals surface area contributed by atoms with E-state index in [2.05, 4.69) is 15.3 Å². The summed E-state index contributed by atoms with van der Waals surface area (Å²) in [6.07, 6.45) is 3.99. The van der Waals surface area contributed by atoms with E-state index < -0.39 is 0 Å². The normalized spacial score (nSPS) is 12.0. The standard InChI is InChI=1S/C20H22ClN5O/c1-13-18(14-7-9-23-10-8-14)25-20(26(2)19(13)27)24-12-16(22)11-15-5-3-4-6-17(15)21/h3-10,16H,11-12,22H2,1-2H3,(H,24,25)/t16-/m0/s1. The summed E-state index contributed by atoms with van der Waals surface area (Å²) in [7, 11) is 1.70. The van der Waals surface area contributed by atoms with Gasteiger partial charge in [-0.15, -0.1) is 0 Å². The summed E-state index contributed by atoms with van der Waals surface area (Å²) < 4.78 is 1.50. The Balaban J connectivity index is 1.80. The van der Waals surface area contributed by atoms with Crippen LogP contribution in [0.15, 0.2) is 53.6 Å². The predicted molar refractivity (Wildman–Crippen MR) is 109 cm³/mol. The van der Waals surface area contributed by atoms with Gasteiger partial charge < -0.3 is 11.1 Å². The molecule has 27 heavy (non-hydrogen) atoms. The molecule has 6 nitrogen and oxygen atoms in total. The third-order valence-corrected chi connectivity index (χ3v) is 4.80. The van der Waals surface area contributed by atoms with Crippen molar-refractivity contribution in [3.8, 4) is 11.3 Å². The Labute approximate surface area is 163 Å². The van der Waals surface area contributed by atoms with Crippen molar-refractivity contribution in [2.24, 2.45) is 12.8 Å². The highest BCUT2D eigenvalue weighted by atomic mass is 35.5. The lowest BCUT2D eigenvalue weighted by molar-refractivity contribution is 0.687. The number of benzene rings is 1. The van der Waals surface area contributed by atoms with Crippen molar-refractivity contribution < 1.29 is 0 Å². The van der Waals surface area contributed by atoms with Gasteiger partial charge in [0.25, 0.3) is 5.56 Å². The van der Waals surface area contributed by atoms with Crippen molar-refractivity contribution in [3.63, 3.8) is 0 Å². The molecule has 0 unspecified atom stereocenters. The smallest absolute Gasteiger partial charge is 0.258 e. The van der Waals surface area contributed by atoms with Crippen LogP contribution >= 0.6 is 11.6 Å². The summed E-state index contributed by atoms with van der Waals surface area (Å²) in [6, 6.07) is 11.1. The molecule has 1 aromatic carbocycles. The highest BCUT2D eigenvalue weighted by Gasteiger charge is 2.14. The number of aromatic nitrogens is 3. The van der Waals surface area contributed by atoms with Crippen LogP contribution in [0.25, 0.3) is 11.3 Å². The molecule has 0 fully saturated rings. The van der Waals surface area contributed by atoms with Gasteiger partial charge in [0.1, 0.15) is 0 Å². The average Bonchev–Trinajstić information content (AvgIpc) is 2.68.